The summed E-state index contributed by atoms with van der Waals surface area (Å²) in [6, 6.07) is 0. The second kappa shape index (κ2) is 5.33. The number of aromatic nitrogens is 1. The van der Waals surface area contributed by atoms with Gasteiger partial charge < -0.3 is 9.63 Å². The van der Waals surface area contributed by atoms with Crippen LogP contribution in [0.3, 0.4) is 0 Å². The Kier molecular flexibility index (Phi) is 3.94. The number of hydrogen-bond acceptors (Lipinski definition) is 4. The first-order chi connectivity index (χ1) is 8.98. The number of carboxylic acid groups (broad SMARTS) is 1. The number of piperidine rings is 1. The summed E-state index contributed by atoms with van der Waals surface area (Å²) in [5, 5.41) is 13.3. The highest BCUT2D eigenvalue weighted by Gasteiger charge is 2.39. The highest BCUT2D eigenvalue weighted by molar-refractivity contribution is 5.74. The van der Waals surface area contributed by atoms with Gasteiger partial charge in [0.25, 0.3) is 0 Å². The molecule has 0 spiro atoms. The molecular weight excluding hydrogens is 244 g/mol. The fraction of sp³-hybridized carbons (Fsp3) is 0.714. The number of hydrogen-bond donors (Lipinski definition) is 1. The van der Waals surface area contributed by atoms with Crippen molar-refractivity contribution >= 4 is 5.97 Å². The van der Waals surface area contributed by atoms with E-state index in [1.807, 2.05) is 20.8 Å². The van der Waals surface area contributed by atoms with Gasteiger partial charge in [-0.05, 0) is 46.2 Å². The van der Waals surface area contributed by atoms with E-state index in [-0.39, 0.29) is 0 Å². The van der Waals surface area contributed by atoms with Gasteiger partial charge in [0.1, 0.15) is 5.76 Å². The molecule has 1 aromatic heterocycles. The smallest absolute Gasteiger partial charge is 0.309 e. The summed E-state index contributed by atoms with van der Waals surface area (Å²) < 4.78 is 5.17. The average molecular weight is 266 g/mol. The quantitative estimate of drug-likeness (QED) is 0.906. The highest BCUT2D eigenvalue weighted by Crippen LogP contribution is 2.35. The molecule has 0 bridgehead atoms. The average Bonchev–Trinajstić information content (AvgIpc) is 2.71. The number of rotatable bonds is 4. The number of aryl methyl sites for hydroxylation is 2. The molecule has 5 heteroatoms. The zero-order valence-corrected chi connectivity index (χ0v) is 11.9. The molecule has 2 heterocycles. The Morgan fingerprint density at radius 1 is 1.42 bits per heavy atom. The number of aliphatic carboxylic acids is 1. The van der Waals surface area contributed by atoms with E-state index in [2.05, 4.69) is 10.1 Å². The Morgan fingerprint density at radius 2 is 2.05 bits per heavy atom. The molecule has 1 aromatic rings. The van der Waals surface area contributed by atoms with Crippen molar-refractivity contribution in [2.24, 2.45) is 5.41 Å². The second-order valence-electron chi connectivity index (χ2n) is 5.52. The number of carboxylic acids is 1. The zero-order chi connectivity index (χ0) is 14.0. The monoisotopic (exact) mass is 266 g/mol. The third kappa shape index (κ3) is 2.66. The predicted molar refractivity (Wildman–Crippen MR) is 70.8 cm³/mol. The molecule has 106 valence electrons. The van der Waals surface area contributed by atoms with Crippen molar-refractivity contribution in [3.63, 3.8) is 0 Å². The topological polar surface area (TPSA) is 66.6 Å². The Morgan fingerprint density at radius 3 is 2.47 bits per heavy atom. The second-order valence-corrected chi connectivity index (χ2v) is 5.52. The van der Waals surface area contributed by atoms with Crippen LogP contribution in [0.2, 0.25) is 0 Å². The van der Waals surface area contributed by atoms with E-state index < -0.39 is 11.4 Å². The van der Waals surface area contributed by atoms with E-state index in [1.165, 1.54) is 0 Å². The van der Waals surface area contributed by atoms with Gasteiger partial charge in [-0.2, -0.15) is 0 Å². The van der Waals surface area contributed by atoms with Crippen LogP contribution in [0, 0.1) is 19.3 Å². The molecule has 1 fully saturated rings. The first-order valence-corrected chi connectivity index (χ1v) is 6.86. The molecule has 1 saturated heterocycles. The molecule has 5 nitrogen and oxygen atoms in total. The summed E-state index contributed by atoms with van der Waals surface area (Å²) in [5.74, 6) is 0.218. The molecule has 0 saturated carbocycles. The highest BCUT2D eigenvalue weighted by atomic mass is 16.5. The molecule has 1 aliphatic rings. The van der Waals surface area contributed by atoms with Gasteiger partial charge in [0, 0.05) is 12.1 Å². The van der Waals surface area contributed by atoms with Crippen LogP contribution >= 0.6 is 0 Å². The summed E-state index contributed by atoms with van der Waals surface area (Å²) in [4.78, 5) is 13.7. The summed E-state index contributed by atoms with van der Waals surface area (Å²) in [6.07, 6.45) is 2.16. The van der Waals surface area contributed by atoms with Gasteiger partial charge in [-0.15, -0.1) is 0 Å². The van der Waals surface area contributed by atoms with Gasteiger partial charge in [-0.1, -0.05) is 12.1 Å². The maximum absolute atomic E-state index is 11.4. The van der Waals surface area contributed by atoms with Gasteiger partial charge >= 0.3 is 5.97 Å². The Labute approximate surface area is 113 Å². The lowest BCUT2D eigenvalue weighted by atomic mass is 9.76. The molecule has 19 heavy (non-hydrogen) atoms. The van der Waals surface area contributed by atoms with Gasteiger partial charge in [0.2, 0.25) is 0 Å². The normalized spacial score (nSPS) is 19.5. The molecule has 1 aliphatic heterocycles. The molecule has 1 N–H and O–H groups in total. The van der Waals surface area contributed by atoms with Crippen LogP contribution in [0.1, 0.15) is 43.2 Å². The Bertz CT molecular complexity index is 440. The van der Waals surface area contributed by atoms with Crippen molar-refractivity contribution in [3.8, 4) is 0 Å². The van der Waals surface area contributed by atoms with Gasteiger partial charge in [-0.25, -0.2) is 0 Å². The fourth-order valence-corrected chi connectivity index (χ4v) is 2.81. The SMILES string of the molecule is CCC1(C(=O)O)CCN(Cc2c(C)noc2C)CC1. The van der Waals surface area contributed by atoms with Crippen molar-refractivity contribution in [2.45, 2.75) is 46.6 Å². The minimum atomic E-state index is -0.646. The van der Waals surface area contributed by atoms with Crippen LogP contribution in [0.25, 0.3) is 0 Å². The lowest BCUT2D eigenvalue weighted by Crippen LogP contribution is -2.43. The Hall–Kier alpha value is -1.36. The van der Waals surface area contributed by atoms with Crippen molar-refractivity contribution < 1.29 is 14.4 Å². The fourth-order valence-electron chi connectivity index (χ4n) is 2.81. The van der Waals surface area contributed by atoms with Crippen molar-refractivity contribution in [1.82, 2.24) is 10.1 Å². The summed E-state index contributed by atoms with van der Waals surface area (Å²) in [7, 11) is 0. The molecule has 0 unspecified atom stereocenters. The van der Waals surface area contributed by atoms with Gasteiger partial charge in [0.05, 0.1) is 11.1 Å². The molecule has 0 radical (unpaired) electrons. The van der Waals surface area contributed by atoms with Crippen LogP contribution in [0.5, 0.6) is 0 Å². The largest absolute Gasteiger partial charge is 0.481 e. The minimum absolute atomic E-state index is 0.519. The van der Waals surface area contributed by atoms with Crippen LogP contribution < -0.4 is 0 Å². The van der Waals surface area contributed by atoms with Crippen molar-refractivity contribution in [3.05, 3.63) is 17.0 Å². The molecular formula is C14H22N2O3. The molecule has 2 rings (SSSR count). The van der Waals surface area contributed by atoms with Crippen LogP contribution in [0.4, 0.5) is 0 Å². The lowest BCUT2D eigenvalue weighted by molar-refractivity contribution is -0.152. The summed E-state index contributed by atoms with van der Waals surface area (Å²) >= 11 is 0. The van der Waals surface area contributed by atoms with E-state index >= 15 is 0 Å². The third-order valence-corrected chi connectivity index (χ3v) is 4.51. The molecule has 0 atom stereocenters. The molecule has 0 aromatic carbocycles. The van der Waals surface area contributed by atoms with Crippen molar-refractivity contribution in [1.29, 1.82) is 0 Å². The van der Waals surface area contributed by atoms with Crippen LogP contribution in [0.15, 0.2) is 4.52 Å². The number of likely N-dealkylation sites (tertiary alicyclic amines) is 1. The Balaban J connectivity index is 1.99. The maximum atomic E-state index is 11.4. The third-order valence-electron chi connectivity index (χ3n) is 4.51. The first kappa shape index (κ1) is 14.1. The molecule has 0 amide bonds. The first-order valence-electron chi connectivity index (χ1n) is 6.86. The van der Waals surface area contributed by atoms with Gasteiger partial charge in [0.15, 0.2) is 0 Å². The van der Waals surface area contributed by atoms with E-state index in [9.17, 15) is 9.90 Å². The van der Waals surface area contributed by atoms with Gasteiger partial charge in [-0.3, -0.25) is 9.69 Å². The standard InChI is InChI=1S/C14H22N2O3/c1-4-14(13(17)18)5-7-16(8-6-14)9-12-10(2)15-19-11(12)3/h4-9H2,1-3H3,(H,17,18). The minimum Gasteiger partial charge on any atom is -0.481 e. The van der Waals surface area contributed by atoms with E-state index in [0.29, 0.717) is 6.42 Å². The lowest BCUT2D eigenvalue weighted by Gasteiger charge is -2.38. The van der Waals surface area contributed by atoms with E-state index in [0.717, 1.165) is 49.5 Å². The zero-order valence-electron chi connectivity index (χ0n) is 11.9. The predicted octanol–water partition coefficient (Wildman–Crippen LogP) is 2.37. The van der Waals surface area contributed by atoms with E-state index in [4.69, 9.17) is 4.52 Å². The van der Waals surface area contributed by atoms with Crippen LogP contribution in [-0.2, 0) is 11.3 Å². The number of nitrogens with zero attached hydrogens (tertiary/aromatic N) is 2. The maximum Gasteiger partial charge on any atom is 0.309 e. The van der Waals surface area contributed by atoms with E-state index in [1.54, 1.807) is 0 Å². The number of carbonyl (C=O) groups is 1. The molecule has 0 aliphatic carbocycles. The summed E-state index contributed by atoms with van der Waals surface area (Å²) in [5.41, 5.74) is 1.55. The van der Waals surface area contributed by atoms with Crippen molar-refractivity contribution in [2.75, 3.05) is 13.1 Å². The summed E-state index contributed by atoms with van der Waals surface area (Å²) in [6.45, 7) is 8.29. The van der Waals surface area contributed by atoms with Crippen LogP contribution in [-0.4, -0.2) is 34.2 Å².